The third kappa shape index (κ3) is 1.75. The predicted octanol–water partition coefficient (Wildman–Crippen LogP) is 3.52. The van der Waals surface area contributed by atoms with Gasteiger partial charge < -0.3 is 11.1 Å². The predicted molar refractivity (Wildman–Crippen MR) is 68.7 cm³/mol. The fourth-order valence-electron chi connectivity index (χ4n) is 3.27. The van der Waals surface area contributed by atoms with E-state index >= 15 is 0 Å². The molecule has 2 fully saturated rings. The number of halogens is 1. The average molecular weight is 237 g/mol. The first-order valence-electron chi connectivity index (χ1n) is 6.04. The van der Waals surface area contributed by atoms with E-state index in [1.165, 1.54) is 25.7 Å². The molecule has 0 amide bonds. The molecule has 2 bridgehead atoms. The van der Waals surface area contributed by atoms with E-state index in [1.54, 1.807) is 0 Å². The van der Waals surface area contributed by atoms with Crippen molar-refractivity contribution in [2.24, 2.45) is 11.8 Å². The number of nitrogen functional groups attached to an aromatic ring is 1. The number of benzene rings is 1. The number of rotatable bonds is 2. The average Bonchev–Trinajstić information content (AvgIpc) is 2.84. The summed E-state index contributed by atoms with van der Waals surface area (Å²) in [6, 6.07) is 6.34. The quantitative estimate of drug-likeness (QED) is 0.771. The maximum absolute atomic E-state index is 6.17. The molecule has 86 valence electrons. The smallest absolute Gasteiger partial charge is 0.0658 e. The Balaban J connectivity index is 1.74. The highest BCUT2D eigenvalue weighted by Gasteiger charge is 2.39. The number of nitrogens with one attached hydrogen (secondary N) is 1. The third-order valence-corrected chi connectivity index (χ3v) is 4.38. The van der Waals surface area contributed by atoms with E-state index in [-0.39, 0.29) is 0 Å². The van der Waals surface area contributed by atoms with Gasteiger partial charge >= 0.3 is 0 Å². The van der Waals surface area contributed by atoms with Crippen molar-refractivity contribution in [3.63, 3.8) is 0 Å². The maximum atomic E-state index is 6.17. The zero-order valence-corrected chi connectivity index (χ0v) is 10.0. The van der Waals surface area contributed by atoms with Crippen molar-refractivity contribution in [3.8, 4) is 0 Å². The van der Waals surface area contributed by atoms with Crippen LogP contribution in [0.15, 0.2) is 18.2 Å². The largest absolute Gasteiger partial charge is 0.399 e. The molecule has 0 aliphatic heterocycles. The number of fused-ring (bicyclic) bond motifs is 2. The van der Waals surface area contributed by atoms with Gasteiger partial charge in [0.25, 0.3) is 0 Å². The van der Waals surface area contributed by atoms with Gasteiger partial charge in [-0.3, -0.25) is 0 Å². The van der Waals surface area contributed by atoms with Crippen LogP contribution in [0.2, 0.25) is 5.02 Å². The van der Waals surface area contributed by atoms with Crippen molar-refractivity contribution in [2.45, 2.75) is 31.7 Å². The topological polar surface area (TPSA) is 38.0 Å². The third-order valence-electron chi connectivity index (χ3n) is 4.07. The summed E-state index contributed by atoms with van der Waals surface area (Å²) in [6.45, 7) is 0. The lowest BCUT2D eigenvalue weighted by Gasteiger charge is -2.24. The SMILES string of the molecule is Nc1ccc(NC2CC3CCC2C3)c(Cl)c1. The zero-order chi connectivity index (χ0) is 11.1. The van der Waals surface area contributed by atoms with Crippen molar-refractivity contribution in [1.82, 2.24) is 0 Å². The molecule has 0 spiro atoms. The van der Waals surface area contributed by atoms with Crippen molar-refractivity contribution in [1.29, 1.82) is 0 Å². The Bertz CT molecular complexity index is 405. The molecule has 2 aliphatic rings. The zero-order valence-electron chi connectivity index (χ0n) is 9.25. The van der Waals surface area contributed by atoms with Gasteiger partial charge in [0.05, 0.1) is 10.7 Å². The molecule has 0 heterocycles. The van der Waals surface area contributed by atoms with Gasteiger partial charge in [0.2, 0.25) is 0 Å². The standard InChI is InChI=1S/C13H17ClN2/c14-11-7-10(15)3-4-12(11)16-13-6-8-1-2-9(13)5-8/h3-4,7-9,13,16H,1-2,5-6,15H2. The number of anilines is 2. The van der Waals surface area contributed by atoms with Crippen molar-refractivity contribution in [3.05, 3.63) is 23.2 Å². The monoisotopic (exact) mass is 236 g/mol. The highest BCUT2D eigenvalue weighted by molar-refractivity contribution is 6.33. The Morgan fingerprint density at radius 3 is 2.75 bits per heavy atom. The number of hydrogen-bond acceptors (Lipinski definition) is 2. The molecule has 3 rings (SSSR count). The van der Waals surface area contributed by atoms with Gasteiger partial charge in [-0.1, -0.05) is 18.0 Å². The van der Waals surface area contributed by atoms with Gasteiger partial charge in [-0.25, -0.2) is 0 Å². The lowest BCUT2D eigenvalue weighted by Crippen LogP contribution is -2.25. The van der Waals surface area contributed by atoms with Crippen LogP contribution in [0.25, 0.3) is 0 Å². The molecule has 0 aromatic heterocycles. The summed E-state index contributed by atoms with van der Waals surface area (Å²) in [6.07, 6.45) is 5.53. The van der Waals surface area contributed by atoms with Gasteiger partial charge in [-0.15, -0.1) is 0 Å². The van der Waals surface area contributed by atoms with Crippen molar-refractivity contribution in [2.75, 3.05) is 11.1 Å². The molecule has 2 saturated carbocycles. The molecule has 2 aliphatic carbocycles. The number of nitrogens with two attached hydrogens (primary N) is 1. The Morgan fingerprint density at radius 2 is 2.12 bits per heavy atom. The fourth-order valence-corrected chi connectivity index (χ4v) is 3.51. The van der Waals surface area contributed by atoms with Crippen LogP contribution in [0.4, 0.5) is 11.4 Å². The van der Waals surface area contributed by atoms with Gasteiger partial charge in [0.15, 0.2) is 0 Å². The van der Waals surface area contributed by atoms with E-state index in [9.17, 15) is 0 Å². The number of hydrogen-bond donors (Lipinski definition) is 2. The molecule has 3 unspecified atom stereocenters. The summed E-state index contributed by atoms with van der Waals surface area (Å²) in [7, 11) is 0. The van der Waals surface area contributed by atoms with Crippen LogP contribution in [0.3, 0.4) is 0 Å². The van der Waals surface area contributed by atoms with Gasteiger partial charge in [-0.2, -0.15) is 0 Å². The molecule has 0 saturated heterocycles. The van der Waals surface area contributed by atoms with E-state index < -0.39 is 0 Å². The minimum atomic E-state index is 0.625. The second kappa shape index (κ2) is 3.85. The van der Waals surface area contributed by atoms with E-state index in [1.807, 2.05) is 18.2 Å². The summed E-state index contributed by atoms with van der Waals surface area (Å²) < 4.78 is 0. The molecular formula is C13H17ClN2. The summed E-state index contributed by atoms with van der Waals surface area (Å²) in [5.74, 6) is 1.81. The minimum Gasteiger partial charge on any atom is -0.399 e. The summed E-state index contributed by atoms with van der Waals surface area (Å²) >= 11 is 6.17. The first-order valence-corrected chi connectivity index (χ1v) is 6.42. The van der Waals surface area contributed by atoms with E-state index in [2.05, 4.69) is 5.32 Å². The van der Waals surface area contributed by atoms with Crippen LogP contribution in [0.5, 0.6) is 0 Å². The lowest BCUT2D eigenvalue weighted by molar-refractivity contribution is 0.440. The van der Waals surface area contributed by atoms with Gasteiger partial charge in [-0.05, 0) is 49.3 Å². The Morgan fingerprint density at radius 1 is 1.25 bits per heavy atom. The van der Waals surface area contributed by atoms with E-state index in [4.69, 9.17) is 17.3 Å². The van der Waals surface area contributed by atoms with Crippen LogP contribution in [-0.2, 0) is 0 Å². The fraction of sp³-hybridized carbons (Fsp3) is 0.538. The lowest BCUT2D eigenvalue weighted by atomic mass is 9.95. The molecule has 3 N–H and O–H groups in total. The van der Waals surface area contributed by atoms with Crippen molar-refractivity contribution < 1.29 is 0 Å². The molecule has 1 aromatic rings. The Hall–Kier alpha value is -0.890. The van der Waals surface area contributed by atoms with Gasteiger partial charge in [0, 0.05) is 11.7 Å². The molecule has 3 heteroatoms. The molecule has 16 heavy (non-hydrogen) atoms. The molecular weight excluding hydrogens is 220 g/mol. The van der Waals surface area contributed by atoms with Crippen LogP contribution >= 0.6 is 11.6 Å². The Labute approximate surface area is 101 Å². The normalized spacial score (nSPS) is 31.9. The Kier molecular flexibility index (Phi) is 2.47. The van der Waals surface area contributed by atoms with E-state index in [0.29, 0.717) is 6.04 Å². The molecule has 2 nitrogen and oxygen atoms in total. The maximum Gasteiger partial charge on any atom is 0.0658 e. The highest BCUT2D eigenvalue weighted by Crippen LogP contribution is 2.46. The van der Waals surface area contributed by atoms with Crippen LogP contribution in [0.1, 0.15) is 25.7 Å². The van der Waals surface area contributed by atoms with E-state index in [0.717, 1.165) is 28.2 Å². The van der Waals surface area contributed by atoms with Crippen LogP contribution in [0, 0.1) is 11.8 Å². The first kappa shape index (κ1) is 10.3. The highest BCUT2D eigenvalue weighted by atomic mass is 35.5. The summed E-state index contributed by atoms with van der Waals surface area (Å²) in [5, 5.41) is 4.32. The summed E-state index contributed by atoms with van der Waals surface area (Å²) in [4.78, 5) is 0. The summed E-state index contributed by atoms with van der Waals surface area (Å²) in [5.41, 5.74) is 7.44. The molecule has 1 aromatic carbocycles. The minimum absolute atomic E-state index is 0.625. The molecule has 3 atom stereocenters. The van der Waals surface area contributed by atoms with Crippen LogP contribution in [-0.4, -0.2) is 6.04 Å². The van der Waals surface area contributed by atoms with Crippen molar-refractivity contribution >= 4 is 23.0 Å². The second-order valence-electron chi connectivity index (χ2n) is 5.16. The second-order valence-corrected chi connectivity index (χ2v) is 5.57. The van der Waals surface area contributed by atoms with Gasteiger partial charge in [0.1, 0.15) is 0 Å². The molecule has 0 radical (unpaired) electrons. The van der Waals surface area contributed by atoms with Crippen LogP contribution < -0.4 is 11.1 Å². The first-order chi connectivity index (χ1) is 7.72.